The number of aromatic nitrogens is 3. The molecule has 1 amide bonds. The Hall–Kier alpha value is -2.37. The van der Waals surface area contributed by atoms with Crippen LogP contribution in [0.3, 0.4) is 0 Å². The summed E-state index contributed by atoms with van der Waals surface area (Å²) in [6, 6.07) is 5.80. The summed E-state index contributed by atoms with van der Waals surface area (Å²) in [5, 5.41) is 3.04. The predicted molar refractivity (Wildman–Crippen MR) is 84.2 cm³/mol. The van der Waals surface area contributed by atoms with Gasteiger partial charge in [0.05, 0.1) is 12.5 Å². The van der Waals surface area contributed by atoms with Crippen LogP contribution in [0.15, 0.2) is 36.8 Å². The van der Waals surface area contributed by atoms with Crippen molar-refractivity contribution < 1.29 is 4.79 Å². The Kier molecular flexibility index (Phi) is 4.37. The van der Waals surface area contributed by atoms with E-state index in [0.29, 0.717) is 19.0 Å². The van der Waals surface area contributed by atoms with Crippen LogP contribution in [0, 0.1) is 5.92 Å². The maximum absolute atomic E-state index is 12.4. The number of nitrogens with zero attached hydrogens (tertiary/aromatic N) is 4. The van der Waals surface area contributed by atoms with Gasteiger partial charge in [-0.15, -0.1) is 0 Å². The minimum absolute atomic E-state index is 0.00201. The summed E-state index contributed by atoms with van der Waals surface area (Å²) in [5.41, 5.74) is 1.10. The Morgan fingerprint density at radius 1 is 1.36 bits per heavy atom. The van der Waals surface area contributed by atoms with E-state index in [1.165, 1.54) is 0 Å². The average molecular weight is 299 g/mol. The van der Waals surface area contributed by atoms with E-state index >= 15 is 0 Å². The molecular weight excluding hydrogens is 278 g/mol. The van der Waals surface area contributed by atoms with Gasteiger partial charge in [0.2, 0.25) is 11.9 Å². The van der Waals surface area contributed by atoms with Crippen molar-refractivity contribution in [3.8, 4) is 0 Å². The zero-order chi connectivity index (χ0) is 15.4. The molecular formula is C16H21N5O. The maximum Gasteiger partial charge on any atom is 0.225 e. The van der Waals surface area contributed by atoms with Crippen LogP contribution < -0.4 is 10.2 Å². The highest BCUT2D eigenvalue weighted by Gasteiger charge is 2.26. The summed E-state index contributed by atoms with van der Waals surface area (Å²) in [7, 11) is 1.98. The van der Waals surface area contributed by atoms with Crippen LogP contribution in [0.2, 0.25) is 0 Å². The molecule has 1 aliphatic heterocycles. The lowest BCUT2D eigenvalue weighted by Gasteiger charge is -2.31. The van der Waals surface area contributed by atoms with Crippen molar-refractivity contribution in [3.63, 3.8) is 0 Å². The zero-order valence-corrected chi connectivity index (χ0v) is 12.8. The van der Waals surface area contributed by atoms with Gasteiger partial charge in [0.1, 0.15) is 0 Å². The van der Waals surface area contributed by atoms with Crippen molar-refractivity contribution in [2.75, 3.05) is 18.0 Å². The molecule has 116 valence electrons. The van der Waals surface area contributed by atoms with Crippen LogP contribution in [-0.2, 0) is 18.4 Å². The number of nitrogens with one attached hydrogen (secondary N) is 1. The smallest absolute Gasteiger partial charge is 0.225 e. The van der Waals surface area contributed by atoms with E-state index in [1.54, 1.807) is 18.5 Å². The van der Waals surface area contributed by atoms with Crippen LogP contribution >= 0.6 is 0 Å². The quantitative estimate of drug-likeness (QED) is 0.925. The fraction of sp³-hybridized carbons (Fsp3) is 0.438. The van der Waals surface area contributed by atoms with Crippen LogP contribution in [0.25, 0.3) is 0 Å². The van der Waals surface area contributed by atoms with Crippen LogP contribution in [0.4, 0.5) is 5.95 Å². The van der Waals surface area contributed by atoms with Crippen molar-refractivity contribution in [1.29, 1.82) is 0 Å². The first-order valence-electron chi connectivity index (χ1n) is 7.64. The second-order valence-electron chi connectivity index (χ2n) is 5.66. The fourth-order valence-corrected chi connectivity index (χ4v) is 2.83. The molecule has 1 N–H and O–H groups in total. The second kappa shape index (κ2) is 6.60. The number of anilines is 1. The molecule has 0 unspecified atom stereocenters. The van der Waals surface area contributed by atoms with Gasteiger partial charge in [0, 0.05) is 44.4 Å². The van der Waals surface area contributed by atoms with Gasteiger partial charge in [0.25, 0.3) is 0 Å². The summed E-state index contributed by atoms with van der Waals surface area (Å²) in [5.74, 6) is 0.821. The van der Waals surface area contributed by atoms with Crippen molar-refractivity contribution in [1.82, 2.24) is 19.9 Å². The van der Waals surface area contributed by atoms with Crippen molar-refractivity contribution in [3.05, 3.63) is 42.5 Å². The molecule has 3 rings (SSSR count). The van der Waals surface area contributed by atoms with Gasteiger partial charge >= 0.3 is 0 Å². The first kappa shape index (κ1) is 14.6. The molecule has 0 radical (unpaired) electrons. The first-order chi connectivity index (χ1) is 10.7. The molecule has 2 aromatic rings. The number of carbonyl (C=O) groups excluding carboxylic acids is 1. The van der Waals surface area contributed by atoms with Gasteiger partial charge in [-0.05, 0) is 31.0 Å². The monoisotopic (exact) mass is 299 g/mol. The van der Waals surface area contributed by atoms with Crippen molar-refractivity contribution >= 4 is 11.9 Å². The predicted octanol–water partition coefficient (Wildman–Crippen LogP) is 1.35. The van der Waals surface area contributed by atoms with Gasteiger partial charge in [-0.3, -0.25) is 4.79 Å². The van der Waals surface area contributed by atoms with Gasteiger partial charge in [-0.2, -0.15) is 0 Å². The van der Waals surface area contributed by atoms with E-state index in [-0.39, 0.29) is 11.8 Å². The van der Waals surface area contributed by atoms with Crippen LogP contribution in [0.1, 0.15) is 18.5 Å². The van der Waals surface area contributed by atoms with Crippen molar-refractivity contribution in [2.24, 2.45) is 13.0 Å². The molecule has 6 heteroatoms. The molecule has 0 spiro atoms. The lowest BCUT2D eigenvalue weighted by atomic mass is 9.97. The third-order valence-electron chi connectivity index (χ3n) is 4.12. The minimum Gasteiger partial charge on any atom is -0.353 e. The summed E-state index contributed by atoms with van der Waals surface area (Å²) in [4.78, 5) is 23.0. The average Bonchev–Trinajstić information content (AvgIpc) is 2.99. The van der Waals surface area contributed by atoms with Gasteiger partial charge in [0.15, 0.2) is 0 Å². The lowest BCUT2D eigenvalue weighted by Crippen LogP contribution is -2.43. The molecule has 0 aromatic carbocycles. The maximum atomic E-state index is 12.4. The third kappa shape index (κ3) is 3.27. The largest absolute Gasteiger partial charge is 0.353 e. The number of hydrogen-bond donors (Lipinski definition) is 1. The molecule has 2 aromatic heterocycles. The van der Waals surface area contributed by atoms with E-state index in [2.05, 4.69) is 20.2 Å². The van der Waals surface area contributed by atoms with Crippen LogP contribution in [-0.4, -0.2) is 33.5 Å². The summed E-state index contributed by atoms with van der Waals surface area (Å²) < 4.78 is 2.02. The highest BCUT2D eigenvalue weighted by atomic mass is 16.1. The standard InChI is InChI=1S/C16H21N5O/c1-20-9-3-6-14(20)11-19-15(22)13-5-2-10-21(12-13)16-17-7-4-8-18-16/h3-4,6-9,13H,2,5,10-12H2,1H3,(H,19,22)/t13-/m1/s1. The molecule has 3 heterocycles. The Labute approximate surface area is 130 Å². The van der Waals surface area contributed by atoms with Crippen molar-refractivity contribution in [2.45, 2.75) is 19.4 Å². The normalized spacial score (nSPS) is 18.2. The number of rotatable bonds is 4. The Bertz CT molecular complexity index is 624. The Balaban J connectivity index is 1.57. The van der Waals surface area contributed by atoms with E-state index in [4.69, 9.17) is 0 Å². The molecule has 22 heavy (non-hydrogen) atoms. The number of hydrogen-bond acceptors (Lipinski definition) is 4. The number of piperidine rings is 1. The summed E-state index contributed by atoms with van der Waals surface area (Å²) >= 11 is 0. The zero-order valence-electron chi connectivity index (χ0n) is 12.8. The van der Waals surface area contributed by atoms with Crippen LogP contribution in [0.5, 0.6) is 0 Å². The number of amides is 1. The highest BCUT2D eigenvalue weighted by Crippen LogP contribution is 2.20. The highest BCUT2D eigenvalue weighted by molar-refractivity contribution is 5.79. The van der Waals surface area contributed by atoms with E-state index in [0.717, 1.165) is 25.1 Å². The molecule has 0 bridgehead atoms. The van der Waals surface area contributed by atoms with E-state index < -0.39 is 0 Å². The van der Waals surface area contributed by atoms with E-state index in [1.807, 2.05) is 29.9 Å². The van der Waals surface area contributed by atoms with Gasteiger partial charge < -0.3 is 14.8 Å². The lowest BCUT2D eigenvalue weighted by molar-refractivity contribution is -0.125. The third-order valence-corrected chi connectivity index (χ3v) is 4.12. The molecule has 0 aliphatic carbocycles. The molecule has 6 nitrogen and oxygen atoms in total. The SMILES string of the molecule is Cn1cccc1CNC(=O)[C@@H]1CCCN(c2ncccn2)C1. The first-order valence-corrected chi connectivity index (χ1v) is 7.64. The Morgan fingerprint density at radius 2 is 2.18 bits per heavy atom. The molecule has 1 aliphatic rings. The molecule has 0 saturated carbocycles. The molecule has 1 fully saturated rings. The minimum atomic E-state index is -0.00201. The fourth-order valence-electron chi connectivity index (χ4n) is 2.83. The molecule has 1 atom stereocenters. The number of aryl methyl sites for hydroxylation is 1. The van der Waals surface area contributed by atoms with E-state index in [9.17, 15) is 4.79 Å². The van der Waals surface area contributed by atoms with Gasteiger partial charge in [-0.1, -0.05) is 0 Å². The topological polar surface area (TPSA) is 63.1 Å². The Morgan fingerprint density at radius 3 is 2.91 bits per heavy atom. The second-order valence-corrected chi connectivity index (χ2v) is 5.66. The molecule has 1 saturated heterocycles. The summed E-state index contributed by atoms with van der Waals surface area (Å²) in [6.07, 6.45) is 7.36. The van der Waals surface area contributed by atoms with Gasteiger partial charge in [-0.25, -0.2) is 9.97 Å². The summed E-state index contributed by atoms with van der Waals surface area (Å²) in [6.45, 7) is 2.16. The number of carbonyl (C=O) groups is 1.